The van der Waals surface area contributed by atoms with Crippen LogP contribution in [0.15, 0.2) is 28.8 Å². The molecule has 1 aliphatic rings. The first-order valence-electron chi connectivity index (χ1n) is 9.02. The number of carbonyl (C=O) groups excluding carboxylic acids is 2. The van der Waals surface area contributed by atoms with Crippen molar-refractivity contribution < 1.29 is 18.8 Å². The smallest absolute Gasteiger partial charge is 0.246 e. The van der Waals surface area contributed by atoms with Gasteiger partial charge in [-0.2, -0.15) is 4.98 Å². The van der Waals surface area contributed by atoms with Crippen LogP contribution >= 0.6 is 0 Å². The number of hydrogen-bond acceptors (Lipinski definition) is 6. The lowest BCUT2D eigenvalue weighted by atomic mass is 9.95. The summed E-state index contributed by atoms with van der Waals surface area (Å²) in [7, 11) is 1.61. The number of nitrogens with one attached hydrogen (secondary N) is 1. The molecule has 2 heterocycles. The first-order chi connectivity index (χ1) is 13.0. The number of amides is 2. The Balaban J connectivity index is 1.44. The van der Waals surface area contributed by atoms with Gasteiger partial charge in [0.25, 0.3) is 0 Å². The maximum absolute atomic E-state index is 12.5. The van der Waals surface area contributed by atoms with Crippen molar-refractivity contribution in [2.24, 2.45) is 5.92 Å². The van der Waals surface area contributed by atoms with Gasteiger partial charge in [-0.25, -0.2) is 0 Å². The number of rotatable bonds is 6. The van der Waals surface area contributed by atoms with E-state index in [1.807, 2.05) is 29.2 Å². The monoisotopic (exact) mass is 372 g/mol. The molecule has 0 bridgehead atoms. The van der Waals surface area contributed by atoms with Crippen LogP contribution in [0.1, 0.15) is 30.1 Å². The number of carbonyl (C=O) groups is 2. The Hall–Kier alpha value is -2.90. The predicted octanol–water partition coefficient (Wildman–Crippen LogP) is 1.48. The number of likely N-dealkylation sites (tertiary alicyclic amines) is 1. The number of nitrogens with zero attached hydrogens (tertiary/aromatic N) is 3. The van der Waals surface area contributed by atoms with E-state index in [1.165, 1.54) is 0 Å². The van der Waals surface area contributed by atoms with E-state index >= 15 is 0 Å². The SMILES string of the molecule is COc1cccc(CC(=O)N2CCC(C(=O)NCc3nc(C)no3)CC2)c1. The maximum atomic E-state index is 12.5. The molecular formula is C19H24N4O4. The van der Waals surface area contributed by atoms with E-state index in [1.54, 1.807) is 14.0 Å². The highest BCUT2D eigenvalue weighted by molar-refractivity contribution is 5.81. The Kier molecular flexibility index (Phi) is 6.05. The van der Waals surface area contributed by atoms with Crippen LogP contribution in [-0.2, 0) is 22.6 Å². The van der Waals surface area contributed by atoms with E-state index < -0.39 is 0 Å². The average molecular weight is 372 g/mol. The van der Waals surface area contributed by atoms with Gasteiger partial charge in [0.15, 0.2) is 5.82 Å². The molecule has 8 heteroatoms. The summed E-state index contributed by atoms with van der Waals surface area (Å²) < 4.78 is 10.2. The van der Waals surface area contributed by atoms with E-state index in [9.17, 15) is 9.59 Å². The summed E-state index contributed by atoms with van der Waals surface area (Å²) in [6.07, 6.45) is 1.64. The normalized spacial score (nSPS) is 14.8. The van der Waals surface area contributed by atoms with Crippen LogP contribution in [0.3, 0.4) is 0 Å². The molecular weight excluding hydrogens is 348 g/mol. The van der Waals surface area contributed by atoms with Crippen molar-refractivity contribution in [3.63, 3.8) is 0 Å². The molecule has 0 radical (unpaired) electrons. The van der Waals surface area contributed by atoms with Gasteiger partial charge >= 0.3 is 0 Å². The molecule has 1 aromatic heterocycles. The van der Waals surface area contributed by atoms with Crippen molar-refractivity contribution in [2.45, 2.75) is 32.7 Å². The number of methoxy groups -OCH3 is 1. The molecule has 1 N–H and O–H groups in total. The van der Waals surface area contributed by atoms with Gasteiger partial charge in [-0.05, 0) is 37.5 Å². The van der Waals surface area contributed by atoms with Crippen LogP contribution < -0.4 is 10.1 Å². The van der Waals surface area contributed by atoms with Crippen LogP contribution in [0.4, 0.5) is 0 Å². The van der Waals surface area contributed by atoms with Crippen LogP contribution in [0.5, 0.6) is 5.75 Å². The maximum Gasteiger partial charge on any atom is 0.246 e. The van der Waals surface area contributed by atoms with Crippen molar-refractivity contribution in [3.8, 4) is 5.75 Å². The molecule has 0 spiro atoms. The number of piperidine rings is 1. The van der Waals surface area contributed by atoms with E-state index in [0.29, 0.717) is 44.1 Å². The summed E-state index contributed by atoms with van der Waals surface area (Å²) in [5.74, 6) is 1.62. The molecule has 144 valence electrons. The number of ether oxygens (including phenoxy) is 1. The third-order valence-electron chi connectivity index (χ3n) is 4.69. The van der Waals surface area contributed by atoms with Crippen molar-refractivity contribution in [2.75, 3.05) is 20.2 Å². The highest BCUT2D eigenvalue weighted by atomic mass is 16.5. The molecule has 27 heavy (non-hydrogen) atoms. The Morgan fingerprint density at radius 1 is 1.33 bits per heavy atom. The fraction of sp³-hybridized carbons (Fsp3) is 0.474. The van der Waals surface area contributed by atoms with Gasteiger partial charge in [0.2, 0.25) is 17.7 Å². The molecule has 8 nitrogen and oxygen atoms in total. The third kappa shape index (κ3) is 5.06. The summed E-state index contributed by atoms with van der Waals surface area (Å²) >= 11 is 0. The summed E-state index contributed by atoms with van der Waals surface area (Å²) in [6.45, 7) is 3.13. The zero-order valence-electron chi connectivity index (χ0n) is 15.6. The lowest BCUT2D eigenvalue weighted by Crippen LogP contribution is -2.43. The second kappa shape index (κ2) is 8.66. The summed E-state index contributed by atoms with van der Waals surface area (Å²) in [6, 6.07) is 7.52. The molecule has 1 fully saturated rings. The van der Waals surface area contributed by atoms with Gasteiger partial charge in [-0.1, -0.05) is 17.3 Å². The Morgan fingerprint density at radius 3 is 2.78 bits per heavy atom. The first kappa shape index (κ1) is 18.9. The van der Waals surface area contributed by atoms with Gasteiger partial charge in [-0.3, -0.25) is 9.59 Å². The van der Waals surface area contributed by atoms with Crippen molar-refractivity contribution in [1.29, 1.82) is 0 Å². The first-order valence-corrected chi connectivity index (χ1v) is 9.02. The Bertz CT molecular complexity index is 797. The third-order valence-corrected chi connectivity index (χ3v) is 4.69. The molecule has 0 atom stereocenters. The molecule has 1 aromatic carbocycles. The summed E-state index contributed by atoms with van der Waals surface area (Å²) in [4.78, 5) is 30.7. The highest BCUT2D eigenvalue weighted by Crippen LogP contribution is 2.19. The van der Waals surface area contributed by atoms with E-state index in [2.05, 4.69) is 15.5 Å². The fourth-order valence-corrected chi connectivity index (χ4v) is 3.18. The van der Waals surface area contributed by atoms with Gasteiger partial charge < -0.3 is 19.5 Å². The van der Waals surface area contributed by atoms with E-state index in [-0.39, 0.29) is 24.3 Å². The molecule has 0 saturated carbocycles. The van der Waals surface area contributed by atoms with E-state index in [0.717, 1.165) is 11.3 Å². The molecule has 0 aliphatic carbocycles. The minimum absolute atomic E-state index is 0.0363. The van der Waals surface area contributed by atoms with Crippen LogP contribution in [-0.4, -0.2) is 47.1 Å². The zero-order valence-corrected chi connectivity index (χ0v) is 15.6. The topological polar surface area (TPSA) is 97.6 Å². The van der Waals surface area contributed by atoms with Crippen molar-refractivity contribution in [1.82, 2.24) is 20.4 Å². The minimum Gasteiger partial charge on any atom is -0.497 e. The number of benzene rings is 1. The van der Waals surface area contributed by atoms with E-state index in [4.69, 9.17) is 9.26 Å². The lowest BCUT2D eigenvalue weighted by molar-refractivity contribution is -0.135. The molecule has 2 amide bonds. The van der Waals surface area contributed by atoms with Gasteiger partial charge in [0.05, 0.1) is 20.1 Å². The minimum atomic E-state index is -0.102. The van der Waals surface area contributed by atoms with Gasteiger partial charge in [0, 0.05) is 19.0 Å². The number of hydrogen-bond donors (Lipinski definition) is 1. The number of aromatic nitrogens is 2. The van der Waals surface area contributed by atoms with Crippen LogP contribution in [0, 0.1) is 12.8 Å². The van der Waals surface area contributed by atoms with Gasteiger partial charge in [-0.15, -0.1) is 0 Å². The standard InChI is InChI=1S/C19H24N4O4/c1-13-21-17(27-22-13)12-20-19(25)15-6-8-23(9-7-15)18(24)11-14-4-3-5-16(10-14)26-2/h3-5,10,15H,6-9,11-12H2,1-2H3,(H,20,25). The predicted molar refractivity (Wildman–Crippen MR) is 96.9 cm³/mol. The quantitative estimate of drug-likeness (QED) is 0.825. The summed E-state index contributed by atoms with van der Waals surface area (Å²) in [5.41, 5.74) is 0.925. The molecule has 1 saturated heterocycles. The molecule has 1 aliphatic heterocycles. The molecule has 2 aromatic rings. The second-order valence-electron chi connectivity index (χ2n) is 6.64. The highest BCUT2D eigenvalue weighted by Gasteiger charge is 2.27. The fourth-order valence-electron chi connectivity index (χ4n) is 3.18. The van der Waals surface area contributed by atoms with Crippen molar-refractivity contribution in [3.05, 3.63) is 41.5 Å². The van der Waals surface area contributed by atoms with Crippen LogP contribution in [0.25, 0.3) is 0 Å². The van der Waals surface area contributed by atoms with Crippen molar-refractivity contribution >= 4 is 11.8 Å². The average Bonchev–Trinajstić information content (AvgIpc) is 3.11. The molecule has 0 unspecified atom stereocenters. The summed E-state index contributed by atoms with van der Waals surface area (Å²) in [5, 5.41) is 6.52. The number of aryl methyl sites for hydroxylation is 1. The Morgan fingerprint density at radius 2 is 2.11 bits per heavy atom. The molecule has 3 rings (SSSR count). The van der Waals surface area contributed by atoms with Crippen LogP contribution in [0.2, 0.25) is 0 Å². The Labute approximate surface area is 157 Å². The lowest BCUT2D eigenvalue weighted by Gasteiger charge is -2.31. The largest absolute Gasteiger partial charge is 0.497 e. The van der Waals surface area contributed by atoms with Gasteiger partial charge in [0.1, 0.15) is 5.75 Å². The second-order valence-corrected chi connectivity index (χ2v) is 6.64. The zero-order chi connectivity index (χ0) is 19.2.